The van der Waals surface area contributed by atoms with Gasteiger partial charge in [-0.25, -0.2) is 4.98 Å². The van der Waals surface area contributed by atoms with E-state index in [4.69, 9.17) is 0 Å². The molecule has 1 aromatic heterocycles. The number of nitrogens with one attached hydrogen (secondary N) is 1. The van der Waals surface area contributed by atoms with Crippen LogP contribution in [-0.4, -0.2) is 51.5 Å². The molecule has 0 aliphatic carbocycles. The molecule has 1 aromatic rings. The van der Waals surface area contributed by atoms with Crippen LogP contribution < -0.4 is 5.32 Å². The van der Waals surface area contributed by atoms with Crippen LogP contribution in [0, 0.1) is 0 Å². The van der Waals surface area contributed by atoms with E-state index in [1.54, 1.807) is 18.0 Å². The Balaban J connectivity index is 2.21. The number of amides is 1. The molecule has 1 aliphatic heterocycles. The first kappa shape index (κ1) is 13.4. The van der Waals surface area contributed by atoms with Crippen molar-refractivity contribution in [2.45, 2.75) is 18.2 Å². The molecular weight excluding hydrogens is 248 g/mol. The lowest BCUT2D eigenvalue weighted by Gasteiger charge is -2.37. The molecule has 1 amide bonds. The first-order valence-electron chi connectivity index (χ1n) is 6.16. The summed E-state index contributed by atoms with van der Waals surface area (Å²) in [6.07, 6.45) is 5.68. The van der Waals surface area contributed by atoms with Crippen molar-refractivity contribution in [1.82, 2.24) is 19.8 Å². The largest absolute Gasteiger partial charge is 0.336 e. The van der Waals surface area contributed by atoms with Crippen molar-refractivity contribution in [1.29, 1.82) is 0 Å². The summed E-state index contributed by atoms with van der Waals surface area (Å²) in [5.41, 5.74) is 0. The van der Waals surface area contributed by atoms with Gasteiger partial charge in [0, 0.05) is 39.1 Å². The number of nitrogens with zero attached hydrogens (tertiary/aromatic N) is 3. The molecule has 6 heteroatoms. The van der Waals surface area contributed by atoms with Gasteiger partial charge in [0.2, 0.25) is 5.91 Å². The summed E-state index contributed by atoms with van der Waals surface area (Å²) >= 11 is 1.59. The summed E-state index contributed by atoms with van der Waals surface area (Å²) in [6, 6.07) is 0.0425. The fraction of sp³-hybridized carbons (Fsp3) is 0.667. The van der Waals surface area contributed by atoms with Crippen molar-refractivity contribution in [3.05, 3.63) is 18.2 Å². The Labute approximate surface area is 112 Å². The van der Waals surface area contributed by atoms with E-state index >= 15 is 0 Å². The highest BCUT2D eigenvalue weighted by Gasteiger charge is 2.32. The summed E-state index contributed by atoms with van der Waals surface area (Å²) in [5, 5.41) is 3.34. The van der Waals surface area contributed by atoms with E-state index in [0.29, 0.717) is 0 Å². The van der Waals surface area contributed by atoms with Gasteiger partial charge in [0.15, 0.2) is 0 Å². The zero-order chi connectivity index (χ0) is 13.1. The van der Waals surface area contributed by atoms with Gasteiger partial charge >= 0.3 is 0 Å². The van der Waals surface area contributed by atoms with Crippen LogP contribution in [0.25, 0.3) is 0 Å². The van der Waals surface area contributed by atoms with Gasteiger partial charge in [0.05, 0.1) is 5.25 Å². The van der Waals surface area contributed by atoms with E-state index in [9.17, 15) is 4.79 Å². The summed E-state index contributed by atoms with van der Waals surface area (Å²) in [5.74, 6) is 1.15. The highest BCUT2D eigenvalue weighted by molar-refractivity contribution is 7.99. The maximum Gasteiger partial charge on any atom is 0.236 e. The normalized spacial score (nSPS) is 21.9. The van der Waals surface area contributed by atoms with Gasteiger partial charge in [0.1, 0.15) is 11.9 Å². The second kappa shape index (κ2) is 5.75. The van der Waals surface area contributed by atoms with E-state index in [2.05, 4.69) is 10.3 Å². The molecule has 2 heterocycles. The lowest BCUT2D eigenvalue weighted by molar-refractivity contribution is -0.133. The number of hydrogen-bond acceptors (Lipinski definition) is 4. The molecule has 0 aromatic carbocycles. The molecule has 5 nitrogen and oxygen atoms in total. The number of hydrogen-bond donors (Lipinski definition) is 1. The number of carbonyl (C=O) groups excluding carboxylic acids is 1. The first-order valence-corrected chi connectivity index (χ1v) is 7.45. The van der Waals surface area contributed by atoms with E-state index in [1.807, 2.05) is 35.9 Å². The predicted molar refractivity (Wildman–Crippen MR) is 73.5 cm³/mol. The average Bonchev–Trinajstić information content (AvgIpc) is 2.83. The smallest absolute Gasteiger partial charge is 0.236 e. The van der Waals surface area contributed by atoms with Crippen LogP contribution in [0.2, 0.25) is 0 Å². The van der Waals surface area contributed by atoms with Crippen molar-refractivity contribution >= 4 is 17.7 Å². The lowest BCUT2D eigenvalue weighted by atomic mass is 10.1. The molecule has 0 radical (unpaired) electrons. The van der Waals surface area contributed by atoms with Gasteiger partial charge in [-0.15, -0.1) is 0 Å². The minimum Gasteiger partial charge on any atom is -0.336 e. The minimum atomic E-state index is 0.00543. The molecule has 0 bridgehead atoms. The number of piperazine rings is 1. The Morgan fingerprint density at radius 1 is 1.67 bits per heavy atom. The SMILES string of the molecule is CSC(C)C(=O)N1CCNCC1c1nccn1C. The average molecular weight is 268 g/mol. The Hall–Kier alpha value is -1.01. The Bertz CT molecular complexity index is 420. The zero-order valence-electron chi connectivity index (χ0n) is 11.1. The number of rotatable bonds is 3. The lowest BCUT2D eigenvalue weighted by Crippen LogP contribution is -2.51. The standard InChI is InChI=1S/C12H20N4OS/c1-9(18-3)12(17)16-7-4-13-8-10(16)11-14-5-6-15(11)2/h5-6,9-10,13H,4,7-8H2,1-3H3. The summed E-state index contributed by atoms with van der Waals surface area (Å²) in [6.45, 7) is 4.34. The Kier molecular flexibility index (Phi) is 4.29. The van der Waals surface area contributed by atoms with E-state index in [0.717, 1.165) is 25.5 Å². The van der Waals surface area contributed by atoms with Crippen molar-refractivity contribution in [2.75, 3.05) is 25.9 Å². The van der Waals surface area contributed by atoms with Crippen LogP contribution in [0.15, 0.2) is 12.4 Å². The summed E-state index contributed by atoms with van der Waals surface area (Å²) in [4.78, 5) is 18.7. The number of carbonyl (C=O) groups is 1. The van der Waals surface area contributed by atoms with Crippen molar-refractivity contribution < 1.29 is 4.79 Å². The third kappa shape index (κ3) is 2.54. The molecule has 0 spiro atoms. The number of imidazole rings is 1. The van der Waals surface area contributed by atoms with Gasteiger partial charge < -0.3 is 14.8 Å². The number of aromatic nitrogens is 2. The fourth-order valence-corrected chi connectivity index (χ4v) is 2.57. The van der Waals surface area contributed by atoms with E-state index in [-0.39, 0.29) is 17.2 Å². The van der Waals surface area contributed by atoms with Gasteiger partial charge in [-0.3, -0.25) is 4.79 Å². The van der Waals surface area contributed by atoms with Crippen molar-refractivity contribution in [2.24, 2.45) is 7.05 Å². The van der Waals surface area contributed by atoms with Gasteiger partial charge in [-0.05, 0) is 13.2 Å². The maximum absolute atomic E-state index is 12.4. The van der Waals surface area contributed by atoms with Gasteiger partial charge in [-0.1, -0.05) is 0 Å². The summed E-state index contributed by atoms with van der Waals surface area (Å²) < 4.78 is 1.99. The van der Waals surface area contributed by atoms with Crippen LogP contribution in [0.1, 0.15) is 18.8 Å². The highest BCUT2D eigenvalue weighted by atomic mass is 32.2. The molecule has 2 rings (SSSR count). The molecule has 2 atom stereocenters. The molecule has 18 heavy (non-hydrogen) atoms. The number of aryl methyl sites for hydroxylation is 1. The van der Waals surface area contributed by atoms with E-state index in [1.165, 1.54) is 0 Å². The van der Waals surface area contributed by atoms with Crippen LogP contribution in [-0.2, 0) is 11.8 Å². The predicted octanol–water partition coefficient (Wildman–Crippen LogP) is 0.644. The molecule has 2 unspecified atom stereocenters. The molecule has 1 N–H and O–H groups in total. The number of thioether (sulfide) groups is 1. The minimum absolute atomic E-state index is 0.00543. The third-order valence-corrected chi connectivity index (χ3v) is 4.29. The quantitative estimate of drug-likeness (QED) is 0.874. The van der Waals surface area contributed by atoms with E-state index < -0.39 is 0 Å². The molecule has 0 saturated carbocycles. The Morgan fingerprint density at radius 2 is 2.44 bits per heavy atom. The maximum atomic E-state index is 12.4. The van der Waals surface area contributed by atoms with Crippen LogP contribution in [0.4, 0.5) is 0 Å². The van der Waals surface area contributed by atoms with Crippen LogP contribution in [0.5, 0.6) is 0 Å². The molecule has 100 valence electrons. The van der Waals surface area contributed by atoms with Crippen molar-refractivity contribution in [3.63, 3.8) is 0 Å². The Morgan fingerprint density at radius 3 is 3.06 bits per heavy atom. The monoisotopic (exact) mass is 268 g/mol. The molecular formula is C12H20N4OS. The van der Waals surface area contributed by atoms with Crippen LogP contribution >= 0.6 is 11.8 Å². The van der Waals surface area contributed by atoms with Gasteiger partial charge in [-0.2, -0.15) is 11.8 Å². The third-order valence-electron chi connectivity index (χ3n) is 3.38. The second-order valence-corrected chi connectivity index (χ2v) is 5.70. The van der Waals surface area contributed by atoms with Gasteiger partial charge in [0.25, 0.3) is 0 Å². The molecule has 1 aliphatic rings. The topological polar surface area (TPSA) is 50.2 Å². The summed E-state index contributed by atoms with van der Waals surface area (Å²) in [7, 11) is 1.97. The van der Waals surface area contributed by atoms with Crippen molar-refractivity contribution in [3.8, 4) is 0 Å². The van der Waals surface area contributed by atoms with Crippen LogP contribution in [0.3, 0.4) is 0 Å². The highest BCUT2D eigenvalue weighted by Crippen LogP contribution is 2.23. The molecule has 1 fully saturated rings. The first-order chi connectivity index (χ1) is 8.65. The molecule has 1 saturated heterocycles. The fourth-order valence-electron chi connectivity index (χ4n) is 2.23. The zero-order valence-corrected chi connectivity index (χ0v) is 11.9. The second-order valence-electron chi connectivity index (χ2n) is 4.53.